The molecule has 3 nitrogen and oxygen atoms in total. The minimum Gasteiger partial charge on any atom is -0.349 e. The Hall–Kier alpha value is -1.55. The Morgan fingerprint density at radius 2 is 1.96 bits per heavy atom. The Morgan fingerprint density at radius 1 is 1.13 bits per heavy atom. The van der Waals surface area contributed by atoms with E-state index >= 15 is 0 Å². The molecule has 0 aliphatic heterocycles. The quantitative estimate of drug-likeness (QED) is 0.869. The Morgan fingerprint density at radius 3 is 2.70 bits per heavy atom. The number of halogens is 2. The zero-order valence-electron chi connectivity index (χ0n) is 12.6. The van der Waals surface area contributed by atoms with Gasteiger partial charge in [0.2, 0.25) is 0 Å². The molecular formula is C18H18Cl2N2O. The molecule has 1 fully saturated rings. The molecule has 1 amide bonds. The van der Waals surface area contributed by atoms with Gasteiger partial charge in [-0.3, -0.25) is 4.79 Å². The average molecular weight is 349 g/mol. The van der Waals surface area contributed by atoms with Gasteiger partial charge >= 0.3 is 0 Å². The molecule has 0 unspecified atom stereocenters. The predicted octanol–water partition coefficient (Wildman–Crippen LogP) is 4.27. The number of hydrogen-bond donors (Lipinski definition) is 2. The van der Waals surface area contributed by atoms with Crippen molar-refractivity contribution in [2.24, 2.45) is 5.73 Å². The van der Waals surface area contributed by atoms with Gasteiger partial charge in [-0.2, -0.15) is 0 Å². The van der Waals surface area contributed by atoms with Gasteiger partial charge in [0.05, 0.1) is 0 Å². The van der Waals surface area contributed by atoms with Crippen LogP contribution in [-0.2, 0) is 0 Å². The highest BCUT2D eigenvalue weighted by Crippen LogP contribution is 2.31. The molecule has 1 saturated carbocycles. The van der Waals surface area contributed by atoms with E-state index in [0.717, 1.165) is 30.4 Å². The first-order valence-corrected chi connectivity index (χ1v) is 8.40. The number of nitrogens with two attached hydrogens (primary N) is 1. The van der Waals surface area contributed by atoms with Gasteiger partial charge in [0, 0.05) is 33.3 Å². The topological polar surface area (TPSA) is 55.1 Å². The van der Waals surface area contributed by atoms with E-state index in [1.807, 2.05) is 18.2 Å². The van der Waals surface area contributed by atoms with Crippen LogP contribution in [0, 0.1) is 0 Å². The van der Waals surface area contributed by atoms with E-state index in [1.165, 1.54) is 0 Å². The van der Waals surface area contributed by atoms with Crippen molar-refractivity contribution in [1.82, 2.24) is 5.32 Å². The van der Waals surface area contributed by atoms with Gasteiger partial charge in [-0.15, -0.1) is 0 Å². The molecule has 0 saturated heterocycles. The van der Waals surface area contributed by atoms with E-state index in [0.29, 0.717) is 15.6 Å². The zero-order valence-corrected chi connectivity index (χ0v) is 14.1. The number of amides is 1. The lowest BCUT2D eigenvalue weighted by Crippen LogP contribution is -2.34. The number of hydrogen-bond acceptors (Lipinski definition) is 2. The number of carbonyl (C=O) groups excluding carboxylic acids is 1. The lowest BCUT2D eigenvalue weighted by atomic mass is 10.0. The standard InChI is InChI=1S/C18H18Cl2N2O/c19-13-4-7-17(20)16(9-13)11-2-1-3-12(8-11)18(23)22-15-6-5-14(21)10-15/h1-4,7-9,14-15H,5-6,10,21H2,(H,22,23)/t14-,15+/m1/s1. The van der Waals surface area contributed by atoms with Crippen LogP contribution in [0.4, 0.5) is 0 Å². The molecule has 23 heavy (non-hydrogen) atoms. The maximum absolute atomic E-state index is 12.4. The Kier molecular flexibility index (Phi) is 4.90. The monoisotopic (exact) mass is 348 g/mol. The van der Waals surface area contributed by atoms with Crippen molar-refractivity contribution in [1.29, 1.82) is 0 Å². The number of nitrogens with one attached hydrogen (secondary N) is 1. The second-order valence-electron chi connectivity index (χ2n) is 5.95. The minimum absolute atomic E-state index is 0.0795. The smallest absolute Gasteiger partial charge is 0.251 e. The van der Waals surface area contributed by atoms with Crippen LogP contribution in [0.25, 0.3) is 11.1 Å². The van der Waals surface area contributed by atoms with Crippen LogP contribution >= 0.6 is 23.2 Å². The molecule has 120 valence electrons. The SMILES string of the molecule is N[C@@H]1CC[C@H](NC(=O)c2cccc(-c3cc(Cl)ccc3Cl)c2)C1. The summed E-state index contributed by atoms with van der Waals surface area (Å²) in [6.07, 6.45) is 2.74. The van der Waals surface area contributed by atoms with Crippen molar-refractivity contribution in [3.8, 4) is 11.1 Å². The van der Waals surface area contributed by atoms with Crippen LogP contribution in [0.1, 0.15) is 29.6 Å². The van der Waals surface area contributed by atoms with E-state index in [2.05, 4.69) is 5.32 Å². The summed E-state index contributed by atoms with van der Waals surface area (Å²) in [5.41, 5.74) is 8.19. The van der Waals surface area contributed by atoms with Crippen LogP contribution in [0.15, 0.2) is 42.5 Å². The largest absolute Gasteiger partial charge is 0.349 e. The fourth-order valence-electron chi connectivity index (χ4n) is 2.96. The molecule has 0 bridgehead atoms. The van der Waals surface area contributed by atoms with Gasteiger partial charge in [0.25, 0.3) is 5.91 Å². The summed E-state index contributed by atoms with van der Waals surface area (Å²) < 4.78 is 0. The van der Waals surface area contributed by atoms with Crippen LogP contribution in [0.2, 0.25) is 10.0 Å². The number of carbonyl (C=O) groups is 1. The normalized spacial score (nSPS) is 20.5. The minimum atomic E-state index is -0.0795. The molecule has 1 aliphatic carbocycles. The van der Waals surface area contributed by atoms with Gasteiger partial charge in [-0.1, -0.05) is 35.3 Å². The first kappa shape index (κ1) is 16.3. The van der Waals surface area contributed by atoms with E-state index in [4.69, 9.17) is 28.9 Å². The summed E-state index contributed by atoms with van der Waals surface area (Å²) in [5.74, 6) is -0.0795. The summed E-state index contributed by atoms with van der Waals surface area (Å²) in [6, 6.07) is 13.1. The van der Waals surface area contributed by atoms with E-state index < -0.39 is 0 Å². The van der Waals surface area contributed by atoms with Crippen molar-refractivity contribution >= 4 is 29.1 Å². The van der Waals surface area contributed by atoms with E-state index in [1.54, 1.807) is 24.3 Å². The highest BCUT2D eigenvalue weighted by Gasteiger charge is 2.23. The van der Waals surface area contributed by atoms with Crippen LogP contribution < -0.4 is 11.1 Å². The van der Waals surface area contributed by atoms with Crippen molar-refractivity contribution in [2.75, 3.05) is 0 Å². The molecule has 2 atom stereocenters. The van der Waals surface area contributed by atoms with E-state index in [-0.39, 0.29) is 18.0 Å². The van der Waals surface area contributed by atoms with Gasteiger partial charge in [-0.25, -0.2) is 0 Å². The second kappa shape index (κ2) is 6.91. The van der Waals surface area contributed by atoms with Crippen LogP contribution in [0.3, 0.4) is 0 Å². The summed E-state index contributed by atoms with van der Waals surface area (Å²) in [7, 11) is 0. The molecule has 2 aromatic carbocycles. The highest BCUT2D eigenvalue weighted by atomic mass is 35.5. The molecule has 5 heteroatoms. The summed E-state index contributed by atoms with van der Waals surface area (Å²) >= 11 is 12.3. The van der Waals surface area contributed by atoms with Gasteiger partial charge in [-0.05, 0) is 55.2 Å². The van der Waals surface area contributed by atoms with Crippen molar-refractivity contribution in [3.63, 3.8) is 0 Å². The van der Waals surface area contributed by atoms with Crippen LogP contribution in [0.5, 0.6) is 0 Å². The van der Waals surface area contributed by atoms with Crippen molar-refractivity contribution < 1.29 is 4.79 Å². The Balaban J connectivity index is 1.82. The third-order valence-corrected chi connectivity index (χ3v) is 4.74. The molecule has 0 radical (unpaired) electrons. The summed E-state index contributed by atoms with van der Waals surface area (Å²) in [4.78, 5) is 12.4. The first-order valence-electron chi connectivity index (χ1n) is 7.65. The van der Waals surface area contributed by atoms with E-state index in [9.17, 15) is 4.79 Å². The lowest BCUT2D eigenvalue weighted by molar-refractivity contribution is 0.0937. The van der Waals surface area contributed by atoms with Gasteiger partial charge in [0.15, 0.2) is 0 Å². The Labute approximate surface area is 145 Å². The lowest BCUT2D eigenvalue weighted by Gasteiger charge is -2.13. The maximum atomic E-state index is 12.4. The molecular weight excluding hydrogens is 331 g/mol. The molecule has 3 rings (SSSR count). The highest BCUT2D eigenvalue weighted by molar-refractivity contribution is 6.35. The molecule has 0 spiro atoms. The van der Waals surface area contributed by atoms with Crippen molar-refractivity contribution in [3.05, 3.63) is 58.1 Å². The second-order valence-corrected chi connectivity index (χ2v) is 6.79. The number of rotatable bonds is 3. The van der Waals surface area contributed by atoms with Gasteiger partial charge < -0.3 is 11.1 Å². The molecule has 2 aromatic rings. The molecule has 1 aliphatic rings. The zero-order chi connectivity index (χ0) is 16.4. The summed E-state index contributed by atoms with van der Waals surface area (Å²) in [5, 5.41) is 4.27. The molecule has 0 aromatic heterocycles. The maximum Gasteiger partial charge on any atom is 0.251 e. The van der Waals surface area contributed by atoms with Crippen molar-refractivity contribution in [2.45, 2.75) is 31.3 Å². The first-order chi connectivity index (χ1) is 11.0. The van der Waals surface area contributed by atoms with Gasteiger partial charge in [0.1, 0.15) is 0 Å². The average Bonchev–Trinajstić information content (AvgIpc) is 2.95. The molecule has 0 heterocycles. The van der Waals surface area contributed by atoms with Crippen LogP contribution in [-0.4, -0.2) is 18.0 Å². The fraction of sp³-hybridized carbons (Fsp3) is 0.278. The fourth-order valence-corrected chi connectivity index (χ4v) is 3.36. The summed E-state index contributed by atoms with van der Waals surface area (Å²) in [6.45, 7) is 0. The third-order valence-electron chi connectivity index (χ3n) is 4.17. The Bertz CT molecular complexity index is 733. The number of benzene rings is 2. The predicted molar refractivity (Wildman–Crippen MR) is 95.0 cm³/mol. The molecule has 3 N–H and O–H groups in total. The third kappa shape index (κ3) is 3.86.